The van der Waals surface area contributed by atoms with E-state index in [-0.39, 0.29) is 0 Å². The first-order chi connectivity index (χ1) is 7.84. The summed E-state index contributed by atoms with van der Waals surface area (Å²) >= 11 is 0. The summed E-state index contributed by atoms with van der Waals surface area (Å²) in [6.45, 7) is 2.06. The number of hydrogen-bond acceptors (Lipinski definition) is 2. The molecule has 0 unspecified atom stereocenters. The Kier molecular flexibility index (Phi) is 1.96. The van der Waals surface area contributed by atoms with E-state index < -0.39 is 0 Å². The monoisotopic (exact) mass is 209 g/mol. The van der Waals surface area contributed by atoms with Crippen LogP contribution in [0.3, 0.4) is 0 Å². The second kappa shape index (κ2) is 3.45. The Morgan fingerprint density at radius 1 is 1.06 bits per heavy atom. The molecule has 0 atom stereocenters. The Hall–Kier alpha value is -2.16. The topological polar surface area (TPSA) is 41.6 Å². The number of aryl methyl sites for hydroxylation is 1. The number of nitrogens with zero attached hydrogens (tertiary/aromatic N) is 2. The third-order valence-electron chi connectivity index (χ3n) is 2.66. The lowest BCUT2D eigenvalue weighted by Crippen LogP contribution is -1.89. The lowest BCUT2D eigenvalue weighted by molar-refractivity contribution is 1.25. The predicted molar refractivity (Wildman–Crippen MR) is 64.1 cm³/mol. The van der Waals surface area contributed by atoms with E-state index in [1.165, 1.54) is 5.56 Å². The van der Waals surface area contributed by atoms with Crippen molar-refractivity contribution in [2.45, 2.75) is 6.92 Å². The molecule has 2 heterocycles. The van der Waals surface area contributed by atoms with Crippen molar-refractivity contribution in [2.75, 3.05) is 0 Å². The average molecular weight is 209 g/mol. The second-order valence-electron chi connectivity index (χ2n) is 3.78. The van der Waals surface area contributed by atoms with E-state index in [1.807, 2.05) is 36.5 Å². The molecular formula is C13H11N3. The first kappa shape index (κ1) is 9.09. The minimum Gasteiger partial charge on any atom is -0.360 e. The number of fused-ring (bicyclic) bond motifs is 1. The number of benzene rings is 1. The first-order valence-corrected chi connectivity index (χ1v) is 5.21. The summed E-state index contributed by atoms with van der Waals surface area (Å²) in [5, 5.41) is 0. The molecule has 1 N–H and O–H groups in total. The van der Waals surface area contributed by atoms with Crippen molar-refractivity contribution in [3.8, 4) is 11.4 Å². The summed E-state index contributed by atoms with van der Waals surface area (Å²) < 4.78 is 0. The summed E-state index contributed by atoms with van der Waals surface area (Å²) in [6, 6.07) is 9.92. The summed E-state index contributed by atoms with van der Waals surface area (Å²) in [5.74, 6) is 0. The van der Waals surface area contributed by atoms with Gasteiger partial charge in [0, 0.05) is 6.20 Å². The van der Waals surface area contributed by atoms with Gasteiger partial charge in [0.15, 0.2) is 0 Å². The van der Waals surface area contributed by atoms with Gasteiger partial charge in [-0.15, -0.1) is 0 Å². The van der Waals surface area contributed by atoms with Crippen LogP contribution >= 0.6 is 0 Å². The van der Waals surface area contributed by atoms with E-state index in [4.69, 9.17) is 0 Å². The zero-order valence-corrected chi connectivity index (χ0v) is 8.94. The average Bonchev–Trinajstić information content (AvgIpc) is 2.75. The van der Waals surface area contributed by atoms with Crippen molar-refractivity contribution in [3.05, 3.63) is 48.3 Å². The molecule has 3 nitrogen and oxygen atoms in total. The fraction of sp³-hybridized carbons (Fsp3) is 0.0769. The van der Waals surface area contributed by atoms with Gasteiger partial charge in [0.05, 0.1) is 22.9 Å². The zero-order valence-electron chi connectivity index (χ0n) is 8.94. The fourth-order valence-corrected chi connectivity index (χ4v) is 1.80. The fourth-order valence-electron chi connectivity index (χ4n) is 1.80. The molecule has 3 rings (SSSR count). The molecule has 0 bridgehead atoms. The minimum atomic E-state index is 0.890. The van der Waals surface area contributed by atoms with Crippen LogP contribution in [0.4, 0.5) is 0 Å². The number of hydrogen-bond donors (Lipinski definition) is 1. The van der Waals surface area contributed by atoms with Crippen LogP contribution in [-0.4, -0.2) is 15.0 Å². The zero-order chi connectivity index (χ0) is 11.0. The van der Waals surface area contributed by atoms with Gasteiger partial charge >= 0.3 is 0 Å². The molecule has 0 radical (unpaired) electrons. The minimum absolute atomic E-state index is 0.890. The smallest absolute Gasteiger partial charge is 0.106 e. The molecule has 0 saturated heterocycles. The molecule has 3 heteroatoms. The van der Waals surface area contributed by atoms with Crippen LogP contribution in [0, 0.1) is 6.92 Å². The van der Waals surface area contributed by atoms with Crippen molar-refractivity contribution in [2.24, 2.45) is 0 Å². The summed E-state index contributed by atoms with van der Waals surface area (Å²) in [7, 11) is 0. The van der Waals surface area contributed by atoms with E-state index in [0.29, 0.717) is 0 Å². The molecule has 0 amide bonds. The van der Waals surface area contributed by atoms with E-state index in [2.05, 4.69) is 21.9 Å². The number of nitrogens with one attached hydrogen (secondary N) is 1. The number of rotatable bonds is 1. The van der Waals surface area contributed by atoms with Gasteiger partial charge in [0.2, 0.25) is 0 Å². The van der Waals surface area contributed by atoms with Crippen LogP contribution in [0.25, 0.3) is 22.4 Å². The van der Waals surface area contributed by atoms with Gasteiger partial charge in [0.25, 0.3) is 0 Å². The van der Waals surface area contributed by atoms with E-state index >= 15 is 0 Å². The highest BCUT2D eigenvalue weighted by molar-refractivity contribution is 5.76. The highest BCUT2D eigenvalue weighted by atomic mass is 14.8. The highest BCUT2D eigenvalue weighted by Gasteiger charge is 2.05. The van der Waals surface area contributed by atoms with Crippen molar-refractivity contribution in [1.29, 1.82) is 0 Å². The van der Waals surface area contributed by atoms with Gasteiger partial charge in [-0.05, 0) is 30.7 Å². The summed E-state index contributed by atoms with van der Waals surface area (Å²) in [4.78, 5) is 12.2. The Morgan fingerprint density at radius 3 is 2.62 bits per heavy atom. The first-order valence-electron chi connectivity index (χ1n) is 5.21. The molecule has 0 aliphatic rings. The Bertz CT molecular complexity index is 640. The van der Waals surface area contributed by atoms with Gasteiger partial charge < -0.3 is 4.98 Å². The Balaban J connectivity index is 2.23. The summed E-state index contributed by atoms with van der Waals surface area (Å²) in [6.07, 6.45) is 3.72. The second-order valence-corrected chi connectivity index (χ2v) is 3.78. The van der Waals surface area contributed by atoms with Crippen molar-refractivity contribution >= 4 is 11.0 Å². The van der Waals surface area contributed by atoms with E-state index in [0.717, 1.165) is 22.4 Å². The van der Waals surface area contributed by atoms with Crippen LogP contribution in [0.2, 0.25) is 0 Å². The molecule has 1 aromatic carbocycles. The molecule has 0 saturated carbocycles. The molecule has 0 spiro atoms. The number of para-hydroxylation sites is 2. The maximum atomic E-state index is 4.58. The number of aromatic amines is 1. The normalized spacial score (nSPS) is 10.8. The Morgan fingerprint density at radius 2 is 1.88 bits per heavy atom. The van der Waals surface area contributed by atoms with E-state index in [1.54, 1.807) is 6.20 Å². The van der Waals surface area contributed by atoms with Crippen LogP contribution < -0.4 is 0 Å². The largest absolute Gasteiger partial charge is 0.360 e. The van der Waals surface area contributed by atoms with Gasteiger partial charge in [-0.1, -0.05) is 12.1 Å². The molecular weight excluding hydrogens is 198 g/mol. The Labute approximate surface area is 93.2 Å². The van der Waals surface area contributed by atoms with Crippen LogP contribution in [0.1, 0.15) is 5.56 Å². The molecule has 3 aromatic rings. The van der Waals surface area contributed by atoms with Gasteiger partial charge in [-0.2, -0.15) is 0 Å². The molecule has 16 heavy (non-hydrogen) atoms. The maximum Gasteiger partial charge on any atom is 0.106 e. The quantitative estimate of drug-likeness (QED) is 0.669. The van der Waals surface area contributed by atoms with Gasteiger partial charge in [-0.3, -0.25) is 4.98 Å². The van der Waals surface area contributed by atoms with E-state index in [9.17, 15) is 0 Å². The van der Waals surface area contributed by atoms with Crippen LogP contribution in [-0.2, 0) is 0 Å². The standard InChI is InChI=1S/C13H11N3/c1-9-6-7-14-13(9)12-8-15-10-4-2-3-5-11(10)16-12/h2-8,14H,1H3. The van der Waals surface area contributed by atoms with Crippen molar-refractivity contribution in [1.82, 2.24) is 15.0 Å². The molecule has 0 aliphatic carbocycles. The SMILES string of the molecule is Cc1cc[nH]c1-c1cnc2ccccc2n1. The van der Waals surface area contributed by atoms with Crippen LogP contribution in [0.15, 0.2) is 42.7 Å². The summed E-state index contributed by atoms with van der Waals surface area (Å²) in [5.41, 5.74) is 4.97. The lowest BCUT2D eigenvalue weighted by atomic mass is 10.2. The molecule has 0 aliphatic heterocycles. The van der Waals surface area contributed by atoms with Crippen LogP contribution in [0.5, 0.6) is 0 Å². The highest BCUT2D eigenvalue weighted by Crippen LogP contribution is 2.20. The maximum absolute atomic E-state index is 4.58. The molecule has 0 fully saturated rings. The van der Waals surface area contributed by atoms with Crippen molar-refractivity contribution in [3.63, 3.8) is 0 Å². The predicted octanol–water partition coefficient (Wildman–Crippen LogP) is 2.93. The molecule has 2 aromatic heterocycles. The third-order valence-corrected chi connectivity index (χ3v) is 2.66. The van der Waals surface area contributed by atoms with Gasteiger partial charge in [0.1, 0.15) is 5.69 Å². The number of aromatic nitrogens is 3. The van der Waals surface area contributed by atoms with Crippen molar-refractivity contribution < 1.29 is 0 Å². The third kappa shape index (κ3) is 1.37. The number of H-pyrrole nitrogens is 1. The molecule has 78 valence electrons. The lowest BCUT2D eigenvalue weighted by Gasteiger charge is -2.01. The van der Waals surface area contributed by atoms with Gasteiger partial charge in [-0.25, -0.2) is 4.98 Å².